The second kappa shape index (κ2) is 12.1. The molecule has 216 valence electrons. The van der Waals surface area contributed by atoms with E-state index in [1.54, 1.807) is 61.7 Å². The summed E-state index contributed by atoms with van der Waals surface area (Å²) >= 11 is 15.9. The van der Waals surface area contributed by atoms with Crippen LogP contribution in [0.25, 0.3) is 33.5 Å². The molecule has 6 aromatic rings. The third-order valence-corrected chi connectivity index (χ3v) is 7.73. The van der Waals surface area contributed by atoms with Crippen LogP contribution in [0.3, 0.4) is 0 Å². The summed E-state index contributed by atoms with van der Waals surface area (Å²) in [5, 5.41) is 6.74. The molecule has 2 heterocycles. The van der Waals surface area contributed by atoms with Gasteiger partial charge in [-0.2, -0.15) is 9.78 Å². The minimum atomic E-state index is -0.373. The highest BCUT2D eigenvalue weighted by Crippen LogP contribution is 2.36. The number of rotatable bonds is 8. The lowest BCUT2D eigenvalue weighted by atomic mass is 10.2. The van der Waals surface area contributed by atoms with Crippen LogP contribution in [0.4, 0.5) is 0 Å². The van der Waals surface area contributed by atoms with Gasteiger partial charge in [-0.15, -0.1) is 0 Å². The molecule has 4 aromatic carbocycles. The predicted octanol–water partition coefficient (Wildman–Crippen LogP) is 8.36. The number of benzene rings is 4. The van der Waals surface area contributed by atoms with E-state index in [-0.39, 0.29) is 18.0 Å². The summed E-state index contributed by atoms with van der Waals surface area (Å²) in [7, 11) is 3.12. The monoisotopic (exact) mass is 677 g/mol. The molecule has 0 N–H and O–H groups in total. The van der Waals surface area contributed by atoms with E-state index in [2.05, 4.69) is 21.0 Å². The molecule has 0 aliphatic heterocycles. The maximum Gasteiger partial charge on any atom is 0.282 e. The highest BCUT2D eigenvalue weighted by atomic mass is 79.9. The van der Waals surface area contributed by atoms with E-state index in [4.69, 9.17) is 46.8 Å². The van der Waals surface area contributed by atoms with E-state index in [1.807, 2.05) is 24.3 Å². The number of furan rings is 1. The minimum Gasteiger partial charge on any atom is -0.496 e. The van der Waals surface area contributed by atoms with Crippen molar-refractivity contribution in [2.45, 2.75) is 6.61 Å². The second-order valence-corrected chi connectivity index (χ2v) is 11.1. The molecule has 0 bridgehead atoms. The first kappa shape index (κ1) is 28.8. The quantitative estimate of drug-likeness (QED) is 0.150. The topological polar surface area (TPSA) is 88.1 Å². The van der Waals surface area contributed by atoms with Crippen molar-refractivity contribution in [1.82, 2.24) is 9.66 Å². The van der Waals surface area contributed by atoms with Gasteiger partial charge in [0.2, 0.25) is 5.82 Å². The van der Waals surface area contributed by atoms with Crippen molar-refractivity contribution in [2.75, 3.05) is 14.2 Å². The highest BCUT2D eigenvalue weighted by molar-refractivity contribution is 9.10. The zero-order chi connectivity index (χ0) is 30.1. The van der Waals surface area contributed by atoms with Crippen molar-refractivity contribution < 1.29 is 18.6 Å². The van der Waals surface area contributed by atoms with Crippen LogP contribution < -0.4 is 19.8 Å². The molecule has 0 radical (unpaired) electrons. The number of aromatic nitrogens is 2. The molecule has 0 atom stereocenters. The number of para-hydroxylation sites is 1. The molecular formula is C32H22BrCl2N3O5. The maximum absolute atomic E-state index is 13.8. The minimum absolute atomic E-state index is 0.137. The molecule has 0 unspecified atom stereocenters. The van der Waals surface area contributed by atoms with Crippen molar-refractivity contribution in [1.29, 1.82) is 0 Å². The Hall–Kier alpha value is -4.31. The van der Waals surface area contributed by atoms with Crippen molar-refractivity contribution in [3.05, 3.63) is 115 Å². The Morgan fingerprint density at radius 2 is 1.77 bits per heavy atom. The molecule has 0 saturated heterocycles. The molecule has 2 aromatic heterocycles. The van der Waals surface area contributed by atoms with Gasteiger partial charge in [0.25, 0.3) is 5.56 Å². The lowest BCUT2D eigenvalue weighted by Gasteiger charge is -2.15. The average molecular weight is 679 g/mol. The molecule has 0 spiro atoms. The van der Waals surface area contributed by atoms with Gasteiger partial charge in [0, 0.05) is 25.6 Å². The second-order valence-electron chi connectivity index (χ2n) is 9.35. The largest absolute Gasteiger partial charge is 0.496 e. The van der Waals surface area contributed by atoms with Gasteiger partial charge >= 0.3 is 0 Å². The van der Waals surface area contributed by atoms with Crippen molar-refractivity contribution in [3.8, 4) is 28.8 Å². The number of methoxy groups -OCH3 is 2. The van der Waals surface area contributed by atoms with E-state index < -0.39 is 0 Å². The van der Waals surface area contributed by atoms with Crippen molar-refractivity contribution >= 4 is 67.2 Å². The molecule has 0 aliphatic carbocycles. The summed E-state index contributed by atoms with van der Waals surface area (Å²) in [5.74, 6) is 2.05. The van der Waals surface area contributed by atoms with Crippen LogP contribution in [0.1, 0.15) is 11.1 Å². The Balaban J connectivity index is 1.48. The molecule has 8 nitrogen and oxygen atoms in total. The molecular weight excluding hydrogens is 657 g/mol. The number of halogens is 3. The third-order valence-electron chi connectivity index (χ3n) is 6.68. The van der Waals surface area contributed by atoms with Crippen LogP contribution in [-0.2, 0) is 6.61 Å². The maximum atomic E-state index is 13.8. The van der Waals surface area contributed by atoms with E-state index in [0.29, 0.717) is 55.1 Å². The van der Waals surface area contributed by atoms with Gasteiger partial charge in [-0.1, -0.05) is 63.4 Å². The summed E-state index contributed by atoms with van der Waals surface area (Å²) in [4.78, 5) is 18.5. The van der Waals surface area contributed by atoms with Gasteiger partial charge in [-0.05, 0) is 54.6 Å². The smallest absolute Gasteiger partial charge is 0.282 e. The van der Waals surface area contributed by atoms with Gasteiger partial charge in [-0.25, -0.2) is 4.98 Å². The molecule has 6 rings (SSSR count). The van der Waals surface area contributed by atoms with Crippen LogP contribution in [0.15, 0.2) is 97.6 Å². The van der Waals surface area contributed by atoms with Gasteiger partial charge in [0.05, 0.1) is 36.7 Å². The molecule has 0 fully saturated rings. The van der Waals surface area contributed by atoms with E-state index in [9.17, 15) is 4.79 Å². The first-order valence-corrected chi connectivity index (χ1v) is 14.5. The summed E-state index contributed by atoms with van der Waals surface area (Å²) in [5.41, 5.74) is 1.99. The molecule has 0 aliphatic rings. The summed E-state index contributed by atoms with van der Waals surface area (Å²) in [6.45, 7) is 0.137. The van der Waals surface area contributed by atoms with E-state index >= 15 is 0 Å². The number of hydrogen-bond donors (Lipinski definition) is 0. The van der Waals surface area contributed by atoms with Crippen molar-refractivity contribution in [3.63, 3.8) is 0 Å². The molecule has 0 saturated carbocycles. The Bertz CT molecular complexity index is 2090. The van der Waals surface area contributed by atoms with Crippen LogP contribution in [0.2, 0.25) is 10.0 Å². The highest BCUT2D eigenvalue weighted by Gasteiger charge is 2.19. The average Bonchev–Trinajstić information content (AvgIpc) is 3.45. The van der Waals surface area contributed by atoms with Crippen LogP contribution in [-0.4, -0.2) is 30.1 Å². The van der Waals surface area contributed by atoms with E-state index in [1.165, 1.54) is 18.0 Å². The summed E-state index contributed by atoms with van der Waals surface area (Å²) in [6, 6.07) is 23.1. The molecule has 43 heavy (non-hydrogen) atoms. The van der Waals surface area contributed by atoms with Crippen LogP contribution in [0.5, 0.6) is 17.2 Å². The van der Waals surface area contributed by atoms with E-state index in [0.717, 1.165) is 15.4 Å². The lowest BCUT2D eigenvalue weighted by Crippen LogP contribution is -2.20. The van der Waals surface area contributed by atoms with Gasteiger partial charge < -0.3 is 18.6 Å². The third kappa shape index (κ3) is 5.71. The molecule has 11 heteroatoms. The van der Waals surface area contributed by atoms with Crippen LogP contribution in [0, 0.1) is 0 Å². The number of hydrogen-bond acceptors (Lipinski definition) is 7. The van der Waals surface area contributed by atoms with Gasteiger partial charge in [0.15, 0.2) is 17.3 Å². The van der Waals surface area contributed by atoms with Gasteiger partial charge in [0.1, 0.15) is 17.9 Å². The molecule has 0 amide bonds. The number of fused-ring (bicyclic) bond motifs is 2. The normalized spacial score (nSPS) is 11.5. The van der Waals surface area contributed by atoms with Crippen LogP contribution >= 0.6 is 39.1 Å². The van der Waals surface area contributed by atoms with Gasteiger partial charge in [-0.3, -0.25) is 4.79 Å². The Morgan fingerprint density at radius 3 is 2.56 bits per heavy atom. The Labute approximate surface area is 264 Å². The fourth-order valence-corrected chi connectivity index (χ4v) is 5.53. The fraction of sp³-hybridized carbons (Fsp3) is 0.0938. The first-order valence-electron chi connectivity index (χ1n) is 12.9. The standard InChI is InChI=1S/C32H22BrCl2N3O5/c1-40-26-8-5-9-27-23(26)15-29(43-27)31-37-25-7-4-3-6-22(25)32(39)38(31)36-16-19-12-20(33)13-28(41-2)30(19)42-17-18-10-11-21(34)14-24(18)35/h3-16H,17H2,1-2H3. The summed E-state index contributed by atoms with van der Waals surface area (Å²) < 4.78 is 25.4. The summed E-state index contributed by atoms with van der Waals surface area (Å²) in [6.07, 6.45) is 1.51. The Kier molecular flexibility index (Phi) is 8.12. The predicted molar refractivity (Wildman–Crippen MR) is 172 cm³/mol. The zero-order valence-corrected chi connectivity index (χ0v) is 25.9. The SMILES string of the molecule is COc1cc(Br)cc(C=Nn2c(-c3cc4c(OC)cccc4o3)nc3ccccc3c2=O)c1OCc1ccc(Cl)cc1Cl. The fourth-order valence-electron chi connectivity index (χ4n) is 4.61. The number of nitrogens with zero attached hydrogens (tertiary/aromatic N) is 3. The zero-order valence-electron chi connectivity index (χ0n) is 22.8. The number of ether oxygens (including phenoxy) is 3. The van der Waals surface area contributed by atoms with Crippen molar-refractivity contribution in [2.24, 2.45) is 5.10 Å². The Morgan fingerprint density at radius 1 is 0.953 bits per heavy atom. The lowest BCUT2D eigenvalue weighted by molar-refractivity contribution is 0.284. The first-order chi connectivity index (χ1) is 20.9.